The monoisotopic (exact) mass is 342 g/mol. The quantitative estimate of drug-likeness (QED) is 0.724. The summed E-state index contributed by atoms with van der Waals surface area (Å²) in [6.45, 7) is 3.78. The molecule has 25 heavy (non-hydrogen) atoms. The Balaban J connectivity index is 1.89. The molecule has 132 valence electrons. The SMILES string of the molecule is CCOC(=O)[C@@H](Cc1ccccc1)N(C(=O)c1cc(C)on1)C1CC1. The van der Waals surface area contributed by atoms with E-state index in [4.69, 9.17) is 9.26 Å². The Morgan fingerprint density at radius 1 is 1.32 bits per heavy atom. The van der Waals surface area contributed by atoms with Gasteiger partial charge in [0.25, 0.3) is 5.91 Å². The number of rotatable bonds is 7. The molecule has 1 aromatic carbocycles. The van der Waals surface area contributed by atoms with Crippen LogP contribution in [0.4, 0.5) is 0 Å². The van der Waals surface area contributed by atoms with Gasteiger partial charge in [-0.15, -0.1) is 0 Å². The van der Waals surface area contributed by atoms with E-state index < -0.39 is 6.04 Å². The molecule has 1 amide bonds. The van der Waals surface area contributed by atoms with Gasteiger partial charge in [0.05, 0.1) is 6.61 Å². The average Bonchev–Trinajstić information content (AvgIpc) is 3.35. The van der Waals surface area contributed by atoms with Crippen LogP contribution in [0.25, 0.3) is 0 Å². The van der Waals surface area contributed by atoms with Gasteiger partial charge in [-0.2, -0.15) is 0 Å². The van der Waals surface area contributed by atoms with Gasteiger partial charge in [0, 0.05) is 18.5 Å². The molecule has 1 saturated carbocycles. The lowest BCUT2D eigenvalue weighted by atomic mass is 10.0. The van der Waals surface area contributed by atoms with Crippen molar-refractivity contribution in [2.24, 2.45) is 0 Å². The largest absolute Gasteiger partial charge is 0.464 e. The predicted molar refractivity (Wildman–Crippen MR) is 91.0 cm³/mol. The van der Waals surface area contributed by atoms with Crippen LogP contribution < -0.4 is 0 Å². The number of hydrogen-bond donors (Lipinski definition) is 0. The van der Waals surface area contributed by atoms with Gasteiger partial charge in [-0.1, -0.05) is 35.5 Å². The van der Waals surface area contributed by atoms with Gasteiger partial charge >= 0.3 is 5.97 Å². The number of carbonyl (C=O) groups excluding carboxylic acids is 2. The van der Waals surface area contributed by atoms with Crippen LogP contribution in [0.2, 0.25) is 0 Å². The van der Waals surface area contributed by atoms with E-state index in [9.17, 15) is 9.59 Å². The Morgan fingerprint density at radius 3 is 2.60 bits per heavy atom. The molecular formula is C19H22N2O4. The van der Waals surface area contributed by atoms with Crippen LogP contribution in [0.3, 0.4) is 0 Å². The molecule has 0 aliphatic heterocycles. The second kappa shape index (κ2) is 7.51. The normalized spacial score (nSPS) is 14.8. The molecule has 0 bridgehead atoms. The second-order valence-electron chi connectivity index (χ2n) is 6.22. The van der Waals surface area contributed by atoms with Crippen molar-refractivity contribution in [2.45, 2.75) is 45.2 Å². The zero-order valence-corrected chi connectivity index (χ0v) is 14.5. The Labute approximate surface area is 146 Å². The standard InChI is InChI=1S/C19H22N2O4/c1-3-24-19(23)17(12-14-7-5-4-6-8-14)21(15-9-10-15)18(22)16-11-13(2)25-20-16/h4-8,11,15,17H,3,9-10,12H2,1-2H3/t17-/m1/s1. The van der Waals surface area contributed by atoms with Crippen LogP contribution in [0, 0.1) is 6.92 Å². The first-order valence-corrected chi connectivity index (χ1v) is 8.56. The molecule has 1 fully saturated rings. The second-order valence-corrected chi connectivity index (χ2v) is 6.22. The lowest BCUT2D eigenvalue weighted by molar-refractivity contribution is -0.148. The summed E-state index contributed by atoms with van der Waals surface area (Å²) in [5.41, 5.74) is 1.21. The summed E-state index contributed by atoms with van der Waals surface area (Å²) in [5, 5.41) is 3.82. The molecule has 0 spiro atoms. The fourth-order valence-corrected chi connectivity index (χ4v) is 2.89. The highest BCUT2D eigenvalue weighted by Crippen LogP contribution is 2.31. The van der Waals surface area contributed by atoms with E-state index in [-0.39, 0.29) is 30.2 Å². The van der Waals surface area contributed by atoms with Crippen LogP contribution in [0.5, 0.6) is 0 Å². The van der Waals surface area contributed by atoms with Gasteiger partial charge in [0.2, 0.25) is 0 Å². The third-order valence-electron chi connectivity index (χ3n) is 4.19. The lowest BCUT2D eigenvalue weighted by Crippen LogP contribution is -2.48. The zero-order chi connectivity index (χ0) is 17.8. The Morgan fingerprint density at radius 2 is 2.04 bits per heavy atom. The van der Waals surface area contributed by atoms with Crippen molar-refractivity contribution in [1.29, 1.82) is 0 Å². The highest BCUT2D eigenvalue weighted by molar-refractivity contribution is 5.95. The molecule has 1 heterocycles. The van der Waals surface area contributed by atoms with E-state index >= 15 is 0 Å². The molecule has 1 aliphatic rings. The number of carbonyl (C=O) groups is 2. The topological polar surface area (TPSA) is 72.6 Å². The number of aromatic nitrogens is 1. The molecule has 0 radical (unpaired) electrons. The summed E-state index contributed by atoms with van der Waals surface area (Å²) in [6.07, 6.45) is 2.18. The molecule has 0 N–H and O–H groups in total. The van der Waals surface area contributed by atoms with E-state index in [1.54, 1.807) is 24.8 Å². The molecule has 1 aliphatic carbocycles. The summed E-state index contributed by atoms with van der Waals surface area (Å²) in [7, 11) is 0. The third-order valence-corrected chi connectivity index (χ3v) is 4.19. The number of esters is 1. The number of aryl methyl sites for hydroxylation is 1. The minimum atomic E-state index is -0.667. The Hall–Kier alpha value is -2.63. The fraction of sp³-hybridized carbons (Fsp3) is 0.421. The maximum atomic E-state index is 13.0. The summed E-state index contributed by atoms with van der Waals surface area (Å²) < 4.78 is 10.3. The minimum Gasteiger partial charge on any atom is -0.464 e. The van der Waals surface area contributed by atoms with Crippen LogP contribution in [0.15, 0.2) is 40.9 Å². The van der Waals surface area contributed by atoms with Gasteiger partial charge in [-0.05, 0) is 32.3 Å². The molecule has 6 nitrogen and oxygen atoms in total. The molecule has 2 aromatic rings. The molecule has 1 aromatic heterocycles. The first kappa shape index (κ1) is 17.2. The van der Waals surface area contributed by atoms with Crippen LogP contribution in [-0.4, -0.2) is 40.6 Å². The first-order chi connectivity index (χ1) is 12.1. The number of hydrogen-bond acceptors (Lipinski definition) is 5. The smallest absolute Gasteiger partial charge is 0.329 e. The lowest BCUT2D eigenvalue weighted by Gasteiger charge is -2.29. The van der Waals surface area contributed by atoms with Gasteiger partial charge < -0.3 is 14.2 Å². The molecule has 0 saturated heterocycles. The van der Waals surface area contributed by atoms with E-state index in [2.05, 4.69) is 5.16 Å². The molecule has 0 unspecified atom stereocenters. The highest BCUT2D eigenvalue weighted by atomic mass is 16.5. The average molecular weight is 342 g/mol. The van der Waals surface area contributed by atoms with Crippen molar-refractivity contribution in [3.05, 3.63) is 53.4 Å². The van der Waals surface area contributed by atoms with E-state index in [1.165, 1.54) is 0 Å². The van der Waals surface area contributed by atoms with Crippen LogP contribution in [-0.2, 0) is 16.0 Å². The summed E-state index contributed by atoms with van der Waals surface area (Å²) in [6, 6.07) is 10.6. The molecule has 6 heteroatoms. The van der Waals surface area contributed by atoms with Gasteiger partial charge in [-0.3, -0.25) is 4.79 Å². The van der Waals surface area contributed by atoms with Gasteiger partial charge in [0.15, 0.2) is 5.69 Å². The summed E-state index contributed by atoms with van der Waals surface area (Å²) in [4.78, 5) is 27.2. The van der Waals surface area contributed by atoms with Crippen LogP contribution >= 0.6 is 0 Å². The summed E-state index contributed by atoms with van der Waals surface area (Å²) in [5.74, 6) is -0.102. The molecular weight excluding hydrogens is 320 g/mol. The van der Waals surface area contributed by atoms with Crippen molar-refractivity contribution in [3.8, 4) is 0 Å². The fourth-order valence-electron chi connectivity index (χ4n) is 2.89. The van der Waals surface area contributed by atoms with Crippen molar-refractivity contribution >= 4 is 11.9 Å². The maximum Gasteiger partial charge on any atom is 0.329 e. The van der Waals surface area contributed by atoms with Gasteiger partial charge in [-0.25, -0.2) is 4.79 Å². The van der Waals surface area contributed by atoms with Gasteiger partial charge in [0.1, 0.15) is 11.8 Å². The van der Waals surface area contributed by atoms with Crippen LogP contribution in [0.1, 0.15) is 41.6 Å². The number of nitrogens with zero attached hydrogens (tertiary/aromatic N) is 2. The number of ether oxygens (including phenoxy) is 1. The predicted octanol–water partition coefficient (Wildman–Crippen LogP) is 2.76. The molecule has 1 atom stereocenters. The van der Waals surface area contributed by atoms with Crippen molar-refractivity contribution in [2.75, 3.05) is 6.61 Å². The minimum absolute atomic E-state index is 0.0441. The Kier molecular flexibility index (Phi) is 5.16. The maximum absolute atomic E-state index is 13.0. The van der Waals surface area contributed by atoms with E-state index in [0.717, 1.165) is 18.4 Å². The number of benzene rings is 1. The Bertz CT molecular complexity index is 737. The first-order valence-electron chi connectivity index (χ1n) is 8.56. The zero-order valence-electron chi connectivity index (χ0n) is 14.5. The summed E-state index contributed by atoms with van der Waals surface area (Å²) >= 11 is 0. The molecule has 3 rings (SSSR count). The van der Waals surface area contributed by atoms with Crippen molar-refractivity contribution < 1.29 is 18.8 Å². The number of amides is 1. The van der Waals surface area contributed by atoms with E-state index in [1.807, 2.05) is 30.3 Å². The third kappa shape index (κ3) is 4.07. The van der Waals surface area contributed by atoms with Crippen molar-refractivity contribution in [1.82, 2.24) is 10.1 Å². The van der Waals surface area contributed by atoms with E-state index in [0.29, 0.717) is 12.2 Å². The highest BCUT2D eigenvalue weighted by Gasteiger charge is 2.42. The van der Waals surface area contributed by atoms with Crippen molar-refractivity contribution in [3.63, 3.8) is 0 Å².